The monoisotopic (exact) mass is 260 g/mol. The van der Waals surface area contributed by atoms with E-state index in [1.165, 1.54) is 13.0 Å². The van der Waals surface area contributed by atoms with Crippen molar-refractivity contribution in [1.29, 1.82) is 0 Å². The minimum absolute atomic E-state index is 0.152. The number of Topliss-reactive ketones (excluding diaryl/α,β-unsaturated/α-hetero) is 1. The molecule has 4 heteroatoms. The van der Waals surface area contributed by atoms with Gasteiger partial charge in [-0.2, -0.15) is 0 Å². The molecule has 2 nitrogen and oxygen atoms in total. The molecule has 0 amide bonds. The number of rotatable bonds is 2. The minimum Gasteiger partial charge on any atom is -0.298 e. The largest absolute Gasteiger partial charge is 0.298 e. The fourth-order valence-electron chi connectivity index (χ4n) is 0.926. The van der Waals surface area contributed by atoms with Gasteiger partial charge in [0.05, 0.1) is 5.02 Å². The van der Waals surface area contributed by atoms with Gasteiger partial charge in [-0.3, -0.25) is 9.59 Å². The molecular weight excluding hydrogens is 255 g/mol. The number of aldehydes is 1. The Hall–Kier alpha value is -0.670. The van der Waals surface area contributed by atoms with Crippen LogP contribution in [0.3, 0.4) is 0 Å². The molecule has 0 heterocycles. The molecule has 13 heavy (non-hydrogen) atoms. The van der Waals surface area contributed by atoms with E-state index in [2.05, 4.69) is 15.9 Å². The zero-order chi connectivity index (χ0) is 10.0. The summed E-state index contributed by atoms with van der Waals surface area (Å²) in [6.45, 7) is 1.41. The first kappa shape index (κ1) is 10.4. The summed E-state index contributed by atoms with van der Waals surface area (Å²) in [4.78, 5) is 21.6. The molecular formula is C9H6BrClO2. The fourth-order valence-corrected chi connectivity index (χ4v) is 1.79. The van der Waals surface area contributed by atoms with Crippen LogP contribution in [0.2, 0.25) is 5.02 Å². The molecule has 0 aliphatic heterocycles. The Morgan fingerprint density at radius 3 is 2.62 bits per heavy atom. The molecule has 0 aliphatic rings. The van der Waals surface area contributed by atoms with Crippen molar-refractivity contribution < 1.29 is 9.59 Å². The van der Waals surface area contributed by atoms with Crippen LogP contribution in [0, 0.1) is 0 Å². The van der Waals surface area contributed by atoms with Crippen molar-refractivity contribution in [3.05, 3.63) is 32.8 Å². The SMILES string of the molecule is CC(=O)c1cc(C=O)c(Br)cc1Cl. The molecule has 0 radical (unpaired) electrons. The lowest BCUT2D eigenvalue weighted by molar-refractivity contribution is 0.101. The molecule has 1 aromatic carbocycles. The number of hydrogen-bond acceptors (Lipinski definition) is 2. The van der Waals surface area contributed by atoms with Gasteiger partial charge < -0.3 is 0 Å². The quantitative estimate of drug-likeness (QED) is 0.605. The average molecular weight is 262 g/mol. The van der Waals surface area contributed by atoms with Gasteiger partial charge in [0.2, 0.25) is 0 Å². The van der Waals surface area contributed by atoms with E-state index in [1.54, 1.807) is 6.07 Å². The van der Waals surface area contributed by atoms with Crippen LogP contribution in [-0.2, 0) is 0 Å². The predicted octanol–water partition coefficient (Wildman–Crippen LogP) is 3.12. The summed E-state index contributed by atoms with van der Waals surface area (Å²) in [6.07, 6.45) is 0.673. The molecule has 0 aromatic heterocycles. The standard InChI is InChI=1S/C9H6BrClO2/c1-5(13)7-2-6(4-12)8(10)3-9(7)11/h2-4H,1H3. The van der Waals surface area contributed by atoms with Gasteiger partial charge in [0, 0.05) is 15.6 Å². The lowest BCUT2D eigenvalue weighted by Gasteiger charge is -2.02. The first-order valence-corrected chi connectivity index (χ1v) is 4.68. The number of benzene rings is 1. The summed E-state index contributed by atoms with van der Waals surface area (Å²) in [5.41, 5.74) is 0.793. The topological polar surface area (TPSA) is 34.1 Å². The predicted molar refractivity (Wildman–Crippen MR) is 54.5 cm³/mol. The normalized spacial score (nSPS) is 9.77. The molecule has 0 saturated carbocycles. The zero-order valence-corrected chi connectivity index (χ0v) is 9.15. The second kappa shape index (κ2) is 4.03. The Bertz CT molecular complexity index is 374. The van der Waals surface area contributed by atoms with Crippen LogP contribution in [0.25, 0.3) is 0 Å². The van der Waals surface area contributed by atoms with Crippen molar-refractivity contribution in [3.63, 3.8) is 0 Å². The molecule has 0 N–H and O–H groups in total. The summed E-state index contributed by atoms with van der Waals surface area (Å²) >= 11 is 8.95. The summed E-state index contributed by atoms with van der Waals surface area (Å²) in [6, 6.07) is 3.02. The van der Waals surface area contributed by atoms with Crippen LogP contribution >= 0.6 is 27.5 Å². The molecule has 0 fully saturated rings. The first-order chi connectivity index (χ1) is 6.06. The smallest absolute Gasteiger partial charge is 0.161 e. The third kappa shape index (κ3) is 2.17. The number of hydrogen-bond donors (Lipinski definition) is 0. The highest BCUT2D eigenvalue weighted by Gasteiger charge is 2.09. The fraction of sp³-hybridized carbons (Fsp3) is 0.111. The van der Waals surface area contributed by atoms with Crippen molar-refractivity contribution in [2.75, 3.05) is 0 Å². The van der Waals surface area contributed by atoms with Gasteiger partial charge in [-0.05, 0) is 19.1 Å². The summed E-state index contributed by atoms with van der Waals surface area (Å²) in [5, 5.41) is 0.352. The minimum atomic E-state index is -0.152. The van der Waals surface area contributed by atoms with E-state index in [0.29, 0.717) is 26.9 Å². The number of carbonyl (C=O) groups excluding carboxylic acids is 2. The van der Waals surface area contributed by atoms with Crippen LogP contribution in [0.4, 0.5) is 0 Å². The van der Waals surface area contributed by atoms with Crippen molar-refractivity contribution in [3.8, 4) is 0 Å². The van der Waals surface area contributed by atoms with Gasteiger partial charge in [0.15, 0.2) is 12.1 Å². The average Bonchev–Trinajstić information content (AvgIpc) is 2.03. The second-order valence-electron chi connectivity index (χ2n) is 2.53. The van der Waals surface area contributed by atoms with Crippen LogP contribution in [-0.4, -0.2) is 12.1 Å². The van der Waals surface area contributed by atoms with Crippen molar-refractivity contribution in [2.45, 2.75) is 6.92 Å². The van der Waals surface area contributed by atoms with Crippen LogP contribution < -0.4 is 0 Å². The van der Waals surface area contributed by atoms with Crippen LogP contribution in [0.15, 0.2) is 16.6 Å². The lowest BCUT2D eigenvalue weighted by atomic mass is 10.1. The van der Waals surface area contributed by atoms with E-state index in [0.717, 1.165) is 0 Å². The highest BCUT2D eigenvalue weighted by molar-refractivity contribution is 9.10. The van der Waals surface area contributed by atoms with E-state index in [9.17, 15) is 9.59 Å². The molecule has 1 aromatic rings. The van der Waals surface area contributed by atoms with E-state index >= 15 is 0 Å². The van der Waals surface area contributed by atoms with E-state index in [4.69, 9.17) is 11.6 Å². The molecule has 0 bridgehead atoms. The van der Waals surface area contributed by atoms with Crippen molar-refractivity contribution >= 4 is 39.6 Å². The van der Waals surface area contributed by atoms with Gasteiger partial charge in [0.25, 0.3) is 0 Å². The summed E-state index contributed by atoms with van der Waals surface area (Å²) in [7, 11) is 0. The van der Waals surface area contributed by atoms with Gasteiger partial charge in [-0.1, -0.05) is 27.5 Å². The Labute approximate surface area is 89.0 Å². The number of halogens is 2. The maximum Gasteiger partial charge on any atom is 0.161 e. The Morgan fingerprint density at radius 1 is 1.54 bits per heavy atom. The Morgan fingerprint density at radius 2 is 2.15 bits per heavy atom. The highest BCUT2D eigenvalue weighted by Crippen LogP contribution is 2.25. The van der Waals surface area contributed by atoms with Gasteiger partial charge >= 0.3 is 0 Å². The van der Waals surface area contributed by atoms with Gasteiger partial charge in [-0.15, -0.1) is 0 Å². The highest BCUT2D eigenvalue weighted by atomic mass is 79.9. The molecule has 0 spiro atoms. The van der Waals surface area contributed by atoms with Crippen molar-refractivity contribution in [1.82, 2.24) is 0 Å². The number of ketones is 1. The molecule has 0 atom stereocenters. The van der Waals surface area contributed by atoms with Gasteiger partial charge in [-0.25, -0.2) is 0 Å². The molecule has 68 valence electrons. The van der Waals surface area contributed by atoms with E-state index in [-0.39, 0.29) is 5.78 Å². The third-order valence-electron chi connectivity index (χ3n) is 1.59. The second-order valence-corrected chi connectivity index (χ2v) is 3.79. The van der Waals surface area contributed by atoms with Gasteiger partial charge in [0.1, 0.15) is 0 Å². The Balaban J connectivity index is 3.38. The van der Waals surface area contributed by atoms with E-state index in [1.807, 2.05) is 0 Å². The third-order valence-corrected chi connectivity index (χ3v) is 2.59. The summed E-state index contributed by atoms with van der Waals surface area (Å²) < 4.78 is 0.595. The maximum absolute atomic E-state index is 11.0. The molecule has 0 aliphatic carbocycles. The van der Waals surface area contributed by atoms with Crippen LogP contribution in [0.1, 0.15) is 27.6 Å². The van der Waals surface area contributed by atoms with Crippen molar-refractivity contribution in [2.24, 2.45) is 0 Å². The first-order valence-electron chi connectivity index (χ1n) is 3.51. The lowest BCUT2D eigenvalue weighted by Crippen LogP contribution is -1.96. The van der Waals surface area contributed by atoms with Crippen LogP contribution in [0.5, 0.6) is 0 Å². The molecule has 0 saturated heterocycles. The summed E-state index contributed by atoms with van der Waals surface area (Å²) in [5.74, 6) is -0.152. The Kier molecular flexibility index (Phi) is 3.22. The molecule has 0 unspecified atom stereocenters. The zero-order valence-electron chi connectivity index (χ0n) is 6.80. The molecule has 1 rings (SSSR count). The van der Waals surface area contributed by atoms with E-state index < -0.39 is 0 Å². The number of carbonyl (C=O) groups is 2. The maximum atomic E-state index is 11.0.